The molecule has 0 aromatic carbocycles. The molecule has 1 aromatic rings. The van der Waals surface area contributed by atoms with Crippen molar-refractivity contribution in [2.24, 2.45) is 5.92 Å². The van der Waals surface area contributed by atoms with E-state index in [2.05, 4.69) is 69.3 Å². The number of aromatic nitrogens is 2. The zero-order chi connectivity index (χ0) is 13.7. The molecule has 1 aromatic heterocycles. The van der Waals surface area contributed by atoms with Crippen LogP contribution in [0.15, 0.2) is 4.47 Å². The highest BCUT2D eigenvalue weighted by atomic mass is 79.9. The predicted molar refractivity (Wildman–Crippen MR) is 85.5 cm³/mol. The van der Waals surface area contributed by atoms with Gasteiger partial charge in [-0.2, -0.15) is 5.10 Å². The van der Waals surface area contributed by atoms with E-state index in [1.54, 1.807) is 0 Å². The fourth-order valence-corrected chi connectivity index (χ4v) is 3.92. The molecule has 0 bridgehead atoms. The average Bonchev–Trinajstić information content (AvgIpc) is 2.62. The average molecular weight is 380 g/mol. The number of aryl methyl sites for hydroxylation is 2. The van der Waals surface area contributed by atoms with E-state index < -0.39 is 0 Å². The zero-order valence-corrected chi connectivity index (χ0v) is 15.0. The van der Waals surface area contributed by atoms with Gasteiger partial charge in [-0.15, -0.1) is 0 Å². The van der Waals surface area contributed by atoms with E-state index in [0.29, 0.717) is 4.83 Å². The maximum absolute atomic E-state index is 4.64. The number of hydrogen-bond acceptors (Lipinski definition) is 1. The minimum Gasteiger partial charge on any atom is -0.268 e. The van der Waals surface area contributed by atoms with Crippen LogP contribution in [0.2, 0.25) is 0 Å². The van der Waals surface area contributed by atoms with Gasteiger partial charge < -0.3 is 0 Å². The SMILES string of the molecule is CCc1nn(CC)c(CCC(Br)CC(C)C)c1Br. The second kappa shape index (κ2) is 7.68. The fourth-order valence-electron chi connectivity index (χ4n) is 2.18. The molecule has 0 amide bonds. The summed E-state index contributed by atoms with van der Waals surface area (Å²) < 4.78 is 3.36. The third kappa shape index (κ3) is 4.37. The summed E-state index contributed by atoms with van der Waals surface area (Å²) in [4.78, 5) is 0.606. The molecule has 1 atom stereocenters. The minimum absolute atomic E-state index is 0.606. The molecule has 1 rings (SSSR count). The van der Waals surface area contributed by atoms with Gasteiger partial charge in [-0.25, -0.2) is 0 Å². The smallest absolute Gasteiger partial charge is 0.0766 e. The molecule has 1 unspecified atom stereocenters. The van der Waals surface area contributed by atoms with E-state index in [-0.39, 0.29) is 0 Å². The van der Waals surface area contributed by atoms with Gasteiger partial charge in [0.2, 0.25) is 0 Å². The van der Waals surface area contributed by atoms with Gasteiger partial charge in [-0.3, -0.25) is 4.68 Å². The van der Waals surface area contributed by atoms with Crippen molar-refractivity contribution in [3.05, 3.63) is 15.9 Å². The Hall–Kier alpha value is 0.170. The van der Waals surface area contributed by atoms with Gasteiger partial charge in [0.05, 0.1) is 15.9 Å². The van der Waals surface area contributed by atoms with Crippen molar-refractivity contribution in [2.75, 3.05) is 0 Å². The number of rotatable bonds is 7. The first-order valence-corrected chi connectivity index (χ1v) is 8.58. The highest BCUT2D eigenvalue weighted by molar-refractivity contribution is 9.10. The van der Waals surface area contributed by atoms with Gasteiger partial charge in [0, 0.05) is 11.4 Å². The summed E-state index contributed by atoms with van der Waals surface area (Å²) >= 11 is 7.49. The van der Waals surface area contributed by atoms with E-state index in [1.807, 2.05) is 0 Å². The molecule has 0 aliphatic carbocycles. The monoisotopic (exact) mass is 378 g/mol. The first kappa shape index (κ1) is 16.2. The van der Waals surface area contributed by atoms with Crippen LogP contribution in [-0.2, 0) is 19.4 Å². The summed E-state index contributed by atoms with van der Waals surface area (Å²) in [5.41, 5.74) is 2.53. The topological polar surface area (TPSA) is 17.8 Å². The van der Waals surface area contributed by atoms with Gasteiger partial charge in [-0.05, 0) is 54.5 Å². The lowest BCUT2D eigenvalue weighted by Gasteiger charge is -2.12. The molecule has 0 spiro atoms. The lowest BCUT2D eigenvalue weighted by molar-refractivity contribution is 0.540. The van der Waals surface area contributed by atoms with Gasteiger partial charge in [-0.1, -0.05) is 36.7 Å². The number of halogens is 2. The molecule has 1 heterocycles. The van der Waals surface area contributed by atoms with Crippen LogP contribution in [0.1, 0.15) is 51.9 Å². The Bertz CT molecular complexity index is 372. The van der Waals surface area contributed by atoms with Crippen molar-refractivity contribution in [1.29, 1.82) is 0 Å². The largest absolute Gasteiger partial charge is 0.268 e. The number of hydrogen-bond donors (Lipinski definition) is 0. The van der Waals surface area contributed by atoms with Crippen molar-refractivity contribution < 1.29 is 0 Å². The van der Waals surface area contributed by atoms with Crippen LogP contribution in [0.3, 0.4) is 0 Å². The molecule has 4 heteroatoms. The molecule has 0 aliphatic heterocycles. The Morgan fingerprint density at radius 3 is 2.44 bits per heavy atom. The van der Waals surface area contributed by atoms with Crippen molar-refractivity contribution in [3.63, 3.8) is 0 Å². The van der Waals surface area contributed by atoms with Crippen LogP contribution < -0.4 is 0 Å². The first-order valence-electron chi connectivity index (χ1n) is 6.87. The van der Waals surface area contributed by atoms with Crippen LogP contribution in [0.25, 0.3) is 0 Å². The zero-order valence-electron chi connectivity index (χ0n) is 11.8. The van der Waals surface area contributed by atoms with Crippen molar-refractivity contribution in [2.45, 2.75) is 64.8 Å². The highest BCUT2D eigenvalue weighted by Gasteiger charge is 2.15. The maximum atomic E-state index is 4.64. The number of alkyl halides is 1. The molecule has 2 nitrogen and oxygen atoms in total. The molecule has 104 valence electrons. The van der Waals surface area contributed by atoms with E-state index in [9.17, 15) is 0 Å². The summed E-state index contributed by atoms with van der Waals surface area (Å²) in [6.07, 6.45) is 4.48. The Balaban J connectivity index is 2.69. The normalized spacial score (nSPS) is 13.3. The third-order valence-electron chi connectivity index (χ3n) is 3.12. The molecule has 0 N–H and O–H groups in total. The summed E-state index contributed by atoms with van der Waals surface area (Å²) in [6, 6.07) is 0. The Morgan fingerprint density at radius 2 is 1.94 bits per heavy atom. The van der Waals surface area contributed by atoms with E-state index in [0.717, 1.165) is 25.3 Å². The Morgan fingerprint density at radius 1 is 1.28 bits per heavy atom. The minimum atomic E-state index is 0.606. The fraction of sp³-hybridized carbons (Fsp3) is 0.786. The van der Waals surface area contributed by atoms with Gasteiger partial charge in [0.15, 0.2) is 0 Å². The molecule has 0 radical (unpaired) electrons. The highest BCUT2D eigenvalue weighted by Crippen LogP contribution is 2.26. The van der Waals surface area contributed by atoms with Crippen LogP contribution >= 0.6 is 31.9 Å². The van der Waals surface area contributed by atoms with Gasteiger partial charge >= 0.3 is 0 Å². The third-order valence-corrected chi connectivity index (χ3v) is 4.86. The van der Waals surface area contributed by atoms with Crippen molar-refractivity contribution in [3.8, 4) is 0 Å². The van der Waals surface area contributed by atoms with Gasteiger partial charge in [0.25, 0.3) is 0 Å². The standard InChI is InChI=1S/C14H24Br2N2/c1-5-12-14(16)13(18(6-2)17-12)8-7-11(15)9-10(3)4/h10-11H,5-9H2,1-4H3. The van der Waals surface area contributed by atoms with E-state index in [1.165, 1.54) is 28.7 Å². The van der Waals surface area contributed by atoms with Crippen LogP contribution in [0.5, 0.6) is 0 Å². The molecular formula is C14H24Br2N2. The van der Waals surface area contributed by atoms with Crippen molar-refractivity contribution in [1.82, 2.24) is 9.78 Å². The summed E-state index contributed by atoms with van der Waals surface area (Å²) in [5, 5.41) is 4.64. The van der Waals surface area contributed by atoms with Crippen LogP contribution in [-0.4, -0.2) is 14.6 Å². The molecular weight excluding hydrogens is 356 g/mol. The molecule has 0 aliphatic rings. The predicted octanol–water partition coefficient (Wildman–Crippen LogP) is 4.97. The van der Waals surface area contributed by atoms with Gasteiger partial charge in [0.1, 0.15) is 0 Å². The van der Waals surface area contributed by atoms with E-state index in [4.69, 9.17) is 0 Å². The Labute approximate surface area is 128 Å². The second-order valence-electron chi connectivity index (χ2n) is 5.14. The molecule has 0 saturated carbocycles. The summed E-state index contributed by atoms with van der Waals surface area (Å²) in [6.45, 7) is 9.81. The lowest BCUT2D eigenvalue weighted by Crippen LogP contribution is -2.08. The first-order chi connectivity index (χ1) is 8.49. The van der Waals surface area contributed by atoms with Crippen molar-refractivity contribution >= 4 is 31.9 Å². The quantitative estimate of drug-likeness (QED) is 0.611. The summed E-state index contributed by atoms with van der Waals surface area (Å²) in [5.74, 6) is 0.750. The Kier molecular flexibility index (Phi) is 6.93. The van der Waals surface area contributed by atoms with Crippen LogP contribution in [0.4, 0.5) is 0 Å². The number of nitrogens with zero attached hydrogens (tertiary/aromatic N) is 2. The summed E-state index contributed by atoms with van der Waals surface area (Å²) in [7, 11) is 0. The van der Waals surface area contributed by atoms with Crippen LogP contribution in [0, 0.1) is 5.92 Å². The second-order valence-corrected chi connectivity index (χ2v) is 7.23. The molecule has 0 fully saturated rings. The maximum Gasteiger partial charge on any atom is 0.0766 e. The van der Waals surface area contributed by atoms with E-state index >= 15 is 0 Å². The molecule has 0 saturated heterocycles. The molecule has 18 heavy (non-hydrogen) atoms. The lowest BCUT2D eigenvalue weighted by atomic mass is 10.0.